The summed E-state index contributed by atoms with van der Waals surface area (Å²) in [6, 6.07) is 6.00. The summed E-state index contributed by atoms with van der Waals surface area (Å²) in [5.74, 6) is -0.0542. The lowest BCUT2D eigenvalue weighted by Gasteiger charge is -2.06. The second-order valence-corrected chi connectivity index (χ2v) is 4.99. The Morgan fingerprint density at radius 1 is 1.39 bits per heavy atom. The molecule has 1 aromatic carbocycles. The predicted octanol–water partition coefficient (Wildman–Crippen LogP) is 1.39. The van der Waals surface area contributed by atoms with E-state index in [1.165, 1.54) is 5.56 Å². The van der Waals surface area contributed by atoms with Crippen molar-refractivity contribution in [3.8, 4) is 0 Å². The molecule has 92 valence electrons. The van der Waals surface area contributed by atoms with Gasteiger partial charge < -0.3 is 15.6 Å². The van der Waals surface area contributed by atoms with Gasteiger partial charge in [-0.25, -0.2) is 0 Å². The average molecular weight is 259 g/mol. The van der Waals surface area contributed by atoms with Gasteiger partial charge in [0.25, 0.3) is 0 Å². The summed E-state index contributed by atoms with van der Waals surface area (Å²) in [6.07, 6.45) is 2.59. The van der Waals surface area contributed by atoms with Crippen LogP contribution < -0.4 is 10.6 Å². The zero-order valence-corrected chi connectivity index (χ0v) is 10.7. The van der Waals surface area contributed by atoms with Crippen molar-refractivity contribution in [3.63, 3.8) is 0 Å². The molecule has 1 fully saturated rings. The number of hydrogen-bond donors (Lipinski definition) is 3. The minimum atomic E-state index is -0.266. The number of hydrogen-bond acceptors (Lipinski definition) is 2. The molecule has 4 nitrogen and oxygen atoms in total. The van der Waals surface area contributed by atoms with E-state index >= 15 is 0 Å². The number of carbonyl (C=O) groups excluding carboxylic acids is 1. The van der Waals surface area contributed by atoms with Crippen molar-refractivity contribution < 1.29 is 4.79 Å². The van der Waals surface area contributed by atoms with Gasteiger partial charge in [-0.2, -0.15) is 0 Å². The number of carbonyl (C=O) groups is 1. The first-order chi connectivity index (χ1) is 8.63. The molecule has 0 aliphatic carbocycles. The molecule has 0 radical (unpaired) electrons. The molecule has 1 atom stereocenters. The van der Waals surface area contributed by atoms with Crippen LogP contribution >= 0.6 is 12.2 Å². The van der Waals surface area contributed by atoms with Crippen molar-refractivity contribution in [3.05, 3.63) is 35.5 Å². The number of rotatable bonds is 2. The summed E-state index contributed by atoms with van der Waals surface area (Å²) in [6.45, 7) is 2.06. The molecule has 18 heavy (non-hydrogen) atoms. The Hall–Kier alpha value is -1.88. The maximum atomic E-state index is 11.6. The highest BCUT2D eigenvalue weighted by atomic mass is 32.1. The standard InChI is InChI=1S/C13H13N3OS/c1-7-2-3-9-8(6-14-10(9)4-7)5-11-12(17)16-13(18)15-11/h2-4,6,11,14H,5H2,1H3,(H2,15,16,17,18). The molecule has 3 N–H and O–H groups in total. The molecule has 1 aromatic heterocycles. The zero-order valence-electron chi connectivity index (χ0n) is 9.91. The van der Waals surface area contributed by atoms with Crippen LogP contribution in [0.4, 0.5) is 0 Å². The van der Waals surface area contributed by atoms with E-state index in [0.717, 1.165) is 16.5 Å². The van der Waals surface area contributed by atoms with Crippen LogP contribution in [-0.2, 0) is 11.2 Å². The van der Waals surface area contributed by atoms with Gasteiger partial charge in [0, 0.05) is 23.5 Å². The number of aromatic nitrogens is 1. The van der Waals surface area contributed by atoms with E-state index < -0.39 is 0 Å². The molecule has 1 amide bonds. The minimum absolute atomic E-state index is 0.0542. The lowest BCUT2D eigenvalue weighted by molar-refractivity contribution is -0.120. The van der Waals surface area contributed by atoms with Crippen LogP contribution in [-0.4, -0.2) is 22.0 Å². The maximum absolute atomic E-state index is 11.6. The number of nitrogens with one attached hydrogen (secondary N) is 3. The van der Waals surface area contributed by atoms with E-state index in [1.807, 2.05) is 6.20 Å². The van der Waals surface area contributed by atoms with Crippen LogP contribution in [0.5, 0.6) is 0 Å². The predicted molar refractivity (Wildman–Crippen MR) is 74.4 cm³/mol. The summed E-state index contributed by atoms with van der Waals surface area (Å²) in [4.78, 5) is 14.9. The number of aryl methyl sites for hydroxylation is 1. The summed E-state index contributed by atoms with van der Waals surface area (Å²) in [5.41, 5.74) is 3.45. The first-order valence-corrected chi connectivity index (χ1v) is 6.22. The van der Waals surface area contributed by atoms with Gasteiger partial charge in [-0.05, 0) is 36.3 Å². The minimum Gasteiger partial charge on any atom is -0.361 e. The monoisotopic (exact) mass is 259 g/mol. The Morgan fingerprint density at radius 3 is 2.94 bits per heavy atom. The summed E-state index contributed by atoms with van der Waals surface area (Å²) in [5, 5.41) is 7.16. The molecule has 1 unspecified atom stereocenters. The maximum Gasteiger partial charge on any atom is 0.249 e. The zero-order chi connectivity index (χ0) is 12.7. The Labute approximate surface area is 110 Å². The van der Waals surface area contributed by atoms with Gasteiger partial charge >= 0.3 is 0 Å². The molecule has 3 rings (SSSR count). The van der Waals surface area contributed by atoms with E-state index in [1.54, 1.807) is 0 Å². The fraction of sp³-hybridized carbons (Fsp3) is 0.231. The summed E-state index contributed by atoms with van der Waals surface area (Å²) >= 11 is 4.93. The first-order valence-electron chi connectivity index (χ1n) is 5.81. The third kappa shape index (κ3) is 1.86. The fourth-order valence-corrected chi connectivity index (χ4v) is 2.53. The molecule has 0 saturated carbocycles. The van der Waals surface area contributed by atoms with Gasteiger partial charge in [0.2, 0.25) is 5.91 Å². The van der Waals surface area contributed by atoms with Crippen molar-refractivity contribution in [2.45, 2.75) is 19.4 Å². The largest absolute Gasteiger partial charge is 0.361 e. The number of H-pyrrole nitrogens is 1. The lowest BCUT2D eigenvalue weighted by Crippen LogP contribution is -2.30. The van der Waals surface area contributed by atoms with E-state index in [9.17, 15) is 4.79 Å². The lowest BCUT2D eigenvalue weighted by atomic mass is 10.0. The number of thiocarbonyl (C=S) groups is 1. The van der Waals surface area contributed by atoms with E-state index in [4.69, 9.17) is 12.2 Å². The number of amides is 1. The SMILES string of the molecule is Cc1ccc2c(CC3NC(=S)NC3=O)c[nH]c2c1. The van der Waals surface area contributed by atoms with Crippen molar-refractivity contribution in [1.29, 1.82) is 0 Å². The molecule has 2 heterocycles. The highest BCUT2D eigenvalue weighted by Crippen LogP contribution is 2.21. The third-order valence-corrected chi connectivity index (χ3v) is 3.43. The Bertz CT molecular complexity index is 647. The van der Waals surface area contributed by atoms with E-state index in [2.05, 4.69) is 40.7 Å². The Kier molecular flexibility index (Phi) is 2.56. The molecular formula is C13H13N3OS. The van der Waals surface area contributed by atoms with Crippen LogP contribution in [0.3, 0.4) is 0 Å². The Morgan fingerprint density at radius 2 is 2.22 bits per heavy atom. The quantitative estimate of drug-likeness (QED) is 0.714. The van der Waals surface area contributed by atoms with Gasteiger partial charge in [0.15, 0.2) is 5.11 Å². The molecule has 2 aromatic rings. The van der Waals surface area contributed by atoms with Crippen LogP contribution in [0.2, 0.25) is 0 Å². The van der Waals surface area contributed by atoms with Crippen molar-refractivity contribution >= 4 is 34.1 Å². The first kappa shape index (κ1) is 11.2. The Balaban J connectivity index is 1.91. The molecular weight excluding hydrogens is 246 g/mol. The highest BCUT2D eigenvalue weighted by Gasteiger charge is 2.27. The van der Waals surface area contributed by atoms with Gasteiger partial charge in [-0.1, -0.05) is 12.1 Å². The number of aromatic amines is 1. The summed E-state index contributed by atoms with van der Waals surface area (Å²) in [7, 11) is 0. The third-order valence-electron chi connectivity index (χ3n) is 3.21. The second kappa shape index (κ2) is 4.10. The molecule has 5 heteroatoms. The van der Waals surface area contributed by atoms with Gasteiger partial charge in [-0.15, -0.1) is 0 Å². The smallest absolute Gasteiger partial charge is 0.249 e. The topological polar surface area (TPSA) is 56.9 Å². The van der Waals surface area contributed by atoms with Gasteiger partial charge in [-0.3, -0.25) is 4.79 Å². The summed E-state index contributed by atoms with van der Waals surface area (Å²) < 4.78 is 0. The molecule has 0 bridgehead atoms. The van der Waals surface area contributed by atoms with Crippen LogP contribution in [0.1, 0.15) is 11.1 Å². The van der Waals surface area contributed by atoms with Crippen LogP contribution in [0, 0.1) is 6.92 Å². The second-order valence-electron chi connectivity index (χ2n) is 4.58. The fourth-order valence-electron chi connectivity index (χ4n) is 2.29. The van der Waals surface area contributed by atoms with Crippen LogP contribution in [0.25, 0.3) is 10.9 Å². The van der Waals surface area contributed by atoms with Crippen molar-refractivity contribution in [2.24, 2.45) is 0 Å². The molecule has 1 saturated heterocycles. The molecule has 0 spiro atoms. The number of fused-ring (bicyclic) bond motifs is 1. The van der Waals surface area contributed by atoms with E-state index in [0.29, 0.717) is 11.5 Å². The highest BCUT2D eigenvalue weighted by molar-refractivity contribution is 7.80. The van der Waals surface area contributed by atoms with Gasteiger partial charge in [0.05, 0.1) is 0 Å². The van der Waals surface area contributed by atoms with Crippen molar-refractivity contribution in [1.82, 2.24) is 15.6 Å². The van der Waals surface area contributed by atoms with Crippen LogP contribution in [0.15, 0.2) is 24.4 Å². The van der Waals surface area contributed by atoms with E-state index in [-0.39, 0.29) is 11.9 Å². The number of benzene rings is 1. The van der Waals surface area contributed by atoms with Gasteiger partial charge in [0.1, 0.15) is 6.04 Å². The molecule has 1 aliphatic heterocycles. The normalized spacial score (nSPS) is 19.1. The molecule has 1 aliphatic rings. The average Bonchev–Trinajstić information content (AvgIpc) is 2.84. The van der Waals surface area contributed by atoms with Crippen molar-refractivity contribution in [2.75, 3.05) is 0 Å².